The normalized spacial score (nSPS) is 11.3. The number of anilines is 1. The van der Waals surface area contributed by atoms with Crippen molar-refractivity contribution in [2.45, 2.75) is 17.9 Å². The summed E-state index contributed by atoms with van der Waals surface area (Å²) < 4.78 is 40.9. The lowest BCUT2D eigenvalue weighted by molar-refractivity contribution is 0.0951. The molecule has 0 radical (unpaired) electrons. The summed E-state index contributed by atoms with van der Waals surface area (Å²) in [5.74, 6) is -0.941. The van der Waals surface area contributed by atoms with Gasteiger partial charge in [-0.05, 0) is 62.0 Å². The zero-order chi connectivity index (χ0) is 23.0. The second kappa shape index (κ2) is 10.9. The van der Waals surface area contributed by atoms with E-state index in [1.165, 1.54) is 54.1 Å². The SMILES string of the molecule is CN(CCCNC(=O)c1ccc(S(=O)(=O)Nc2ccccc2F)cc1)Cc1ccccc1. The van der Waals surface area contributed by atoms with Gasteiger partial charge in [0.05, 0.1) is 10.6 Å². The van der Waals surface area contributed by atoms with Crippen LogP contribution in [0.15, 0.2) is 83.8 Å². The van der Waals surface area contributed by atoms with Crippen molar-refractivity contribution in [2.24, 2.45) is 0 Å². The minimum atomic E-state index is -3.96. The van der Waals surface area contributed by atoms with Gasteiger partial charge in [0.15, 0.2) is 0 Å². The maximum absolute atomic E-state index is 13.7. The van der Waals surface area contributed by atoms with Gasteiger partial charge in [0.2, 0.25) is 0 Å². The molecule has 168 valence electrons. The van der Waals surface area contributed by atoms with Crippen molar-refractivity contribution in [2.75, 3.05) is 24.9 Å². The lowest BCUT2D eigenvalue weighted by atomic mass is 10.2. The number of amides is 1. The Balaban J connectivity index is 1.48. The maximum Gasteiger partial charge on any atom is 0.261 e. The quantitative estimate of drug-likeness (QED) is 0.455. The highest BCUT2D eigenvalue weighted by Crippen LogP contribution is 2.19. The Morgan fingerprint density at radius 2 is 1.59 bits per heavy atom. The van der Waals surface area contributed by atoms with E-state index in [2.05, 4.69) is 27.1 Å². The van der Waals surface area contributed by atoms with E-state index in [1.807, 2.05) is 25.2 Å². The predicted octanol–water partition coefficient (Wildman–Crippen LogP) is 3.88. The highest BCUT2D eigenvalue weighted by atomic mass is 32.2. The highest BCUT2D eigenvalue weighted by molar-refractivity contribution is 7.92. The molecule has 0 aliphatic carbocycles. The summed E-state index contributed by atoms with van der Waals surface area (Å²) in [6.45, 7) is 2.17. The van der Waals surface area contributed by atoms with E-state index in [0.717, 1.165) is 19.5 Å². The zero-order valence-corrected chi connectivity index (χ0v) is 18.6. The summed E-state index contributed by atoms with van der Waals surface area (Å²) in [6.07, 6.45) is 0.786. The molecule has 0 aliphatic heterocycles. The number of sulfonamides is 1. The third kappa shape index (κ3) is 6.63. The maximum atomic E-state index is 13.7. The third-order valence-corrected chi connectivity index (χ3v) is 6.22. The van der Waals surface area contributed by atoms with Gasteiger partial charge in [-0.25, -0.2) is 12.8 Å². The van der Waals surface area contributed by atoms with Crippen LogP contribution >= 0.6 is 0 Å². The Hall–Kier alpha value is -3.23. The molecule has 0 saturated heterocycles. The molecule has 0 fully saturated rings. The molecule has 0 spiro atoms. The van der Waals surface area contributed by atoms with Crippen molar-refractivity contribution in [1.82, 2.24) is 10.2 Å². The van der Waals surface area contributed by atoms with E-state index in [1.54, 1.807) is 0 Å². The molecule has 3 rings (SSSR count). The van der Waals surface area contributed by atoms with Gasteiger partial charge in [-0.1, -0.05) is 42.5 Å². The Morgan fingerprint density at radius 1 is 0.938 bits per heavy atom. The van der Waals surface area contributed by atoms with Gasteiger partial charge in [-0.15, -0.1) is 0 Å². The minimum absolute atomic E-state index is 0.0557. The van der Waals surface area contributed by atoms with Crippen molar-refractivity contribution in [1.29, 1.82) is 0 Å². The first-order valence-corrected chi connectivity index (χ1v) is 11.7. The van der Waals surface area contributed by atoms with Crippen LogP contribution in [0.1, 0.15) is 22.3 Å². The Kier molecular flexibility index (Phi) is 7.97. The first-order chi connectivity index (χ1) is 15.3. The number of nitrogens with zero attached hydrogens (tertiary/aromatic N) is 1. The molecule has 0 aromatic heterocycles. The van der Waals surface area contributed by atoms with E-state index in [0.29, 0.717) is 12.1 Å². The second-order valence-corrected chi connectivity index (χ2v) is 9.12. The number of nitrogens with one attached hydrogen (secondary N) is 2. The van der Waals surface area contributed by atoms with E-state index in [9.17, 15) is 17.6 Å². The van der Waals surface area contributed by atoms with Gasteiger partial charge in [0.1, 0.15) is 5.82 Å². The molecule has 3 aromatic rings. The number of rotatable bonds is 10. The molecule has 0 saturated carbocycles. The number of carbonyl (C=O) groups excluding carboxylic acids is 1. The van der Waals surface area contributed by atoms with Gasteiger partial charge in [0, 0.05) is 18.7 Å². The molecule has 0 heterocycles. The van der Waals surface area contributed by atoms with Gasteiger partial charge < -0.3 is 10.2 Å². The molecular formula is C24H26FN3O3S. The molecule has 0 aliphatic rings. The largest absolute Gasteiger partial charge is 0.352 e. The summed E-state index contributed by atoms with van der Waals surface area (Å²) in [4.78, 5) is 14.5. The van der Waals surface area contributed by atoms with Crippen molar-refractivity contribution in [3.63, 3.8) is 0 Å². The Labute approximate surface area is 188 Å². The van der Waals surface area contributed by atoms with Gasteiger partial charge in [-0.2, -0.15) is 0 Å². The van der Waals surface area contributed by atoms with Gasteiger partial charge in [-0.3, -0.25) is 9.52 Å². The molecule has 32 heavy (non-hydrogen) atoms. The van der Waals surface area contributed by atoms with E-state index in [-0.39, 0.29) is 16.5 Å². The summed E-state index contributed by atoms with van der Waals surface area (Å²) >= 11 is 0. The lowest BCUT2D eigenvalue weighted by Crippen LogP contribution is -2.28. The summed E-state index contributed by atoms with van der Waals surface area (Å²) in [5, 5.41) is 2.84. The number of para-hydroxylation sites is 1. The third-order valence-electron chi connectivity index (χ3n) is 4.84. The highest BCUT2D eigenvalue weighted by Gasteiger charge is 2.17. The van der Waals surface area contributed by atoms with Crippen molar-refractivity contribution in [3.8, 4) is 0 Å². The molecule has 6 nitrogen and oxygen atoms in total. The fourth-order valence-corrected chi connectivity index (χ4v) is 4.23. The topological polar surface area (TPSA) is 78.5 Å². The molecule has 0 atom stereocenters. The fraction of sp³-hybridized carbons (Fsp3) is 0.208. The van der Waals surface area contributed by atoms with Crippen LogP contribution in [-0.2, 0) is 16.6 Å². The Bertz CT molecular complexity index is 1140. The van der Waals surface area contributed by atoms with Gasteiger partial charge in [0.25, 0.3) is 15.9 Å². The molecule has 0 unspecified atom stereocenters. The van der Waals surface area contributed by atoms with Crippen LogP contribution < -0.4 is 10.0 Å². The van der Waals surface area contributed by atoms with Crippen LogP contribution in [0.2, 0.25) is 0 Å². The van der Waals surface area contributed by atoms with E-state index < -0.39 is 15.8 Å². The predicted molar refractivity (Wildman–Crippen MR) is 123 cm³/mol. The summed E-state index contributed by atoms with van der Waals surface area (Å²) in [6, 6.07) is 21.2. The van der Waals surface area contributed by atoms with Gasteiger partial charge >= 0.3 is 0 Å². The molecule has 2 N–H and O–H groups in total. The average molecular weight is 456 g/mol. The van der Waals surface area contributed by atoms with Crippen LogP contribution in [0.25, 0.3) is 0 Å². The van der Waals surface area contributed by atoms with Crippen molar-refractivity contribution in [3.05, 3.63) is 95.8 Å². The smallest absolute Gasteiger partial charge is 0.261 e. The van der Waals surface area contributed by atoms with E-state index >= 15 is 0 Å². The number of carbonyl (C=O) groups is 1. The molecule has 1 amide bonds. The number of benzene rings is 3. The minimum Gasteiger partial charge on any atom is -0.352 e. The monoisotopic (exact) mass is 455 g/mol. The fourth-order valence-electron chi connectivity index (χ4n) is 3.16. The first kappa shape index (κ1) is 23.4. The Morgan fingerprint density at radius 3 is 2.28 bits per heavy atom. The van der Waals surface area contributed by atoms with Crippen LogP contribution in [0.3, 0.4) is 0 Å². The van der Waals surface area contributed by atoms with Crippen LogP contribution in [0.5, 0.6) is 0 Å². The number of hydrogen-bond acceptors (Lipinski definition) is 4. The first-order valence-electron chi connectivity index (χ1n) is 10.2. The molecule has 3 aromatic carbocycles. The number of hydrogen-bond donors (Lipinski definition) is 2. The summed E-state index contributed by atoms with van der Waals surface area (Å²) in [5.41, 5.74) is 1.46. The van der Waals surface area contributed by atoms with Crippen LogP contribution in [-0.4, -0.2) is 39.4 Å². The van der Waals surface area contributed by atoms with Crippen molar-refractivity contribution >= 4 is 21.6 Å². The zero-order valence-electron chi connectivity index (χ0n) is 17.8. The summed E-state index contributed by atoms with van der Waals surface area (Å²) in [7, 11) is -1.93. The van der Waals surface area contributed by atoms with Crippen LogP contribution in [0.4, 0.5) is 10.1 Å². The molecular weight excluding hydrogens is 429 g/mol. The standard InChI is InChI=1S/C24H26FN3O3S/c1-28(18-19-8-3-2-4-9-19)17-7-16-26-24(29)20-12-14-21(15-13-20)32(30,31)27-23-11-6-5-10-22(23)25/h2-6,8-15,27H,7,16-18H2,1H3,(H,26,29). The molecule has 0 bridgehead atoms. The number of halogens is 1. The lowest BCUT2D eigenvalue weighted by Gasteiger charge is -2.16. The second-order valence-electron chi connectivity index (χ2n) is 7.44. The molecule has 8 heteroatoms. The van der Waals surface area contributed by atoms with Crippen molar-refractivity contribution < 1.29 is 17.6 Å². The van der Waals surface area contributed by atoms with E-state index in [4.69, 9.17) is 0 Å². The van der Waals surface area contributed by atoms with Crippen LogP contribution in [0, 0.1) is 5.82 Å². The average Bonchev–Trinajstić information content (AvgIpc) is 2.79.